The topological polar surface area (TPSA) is 81.3 Å². The second kappa shape index (κ2) is 5.11. The largest absolute Gasteiger partial charge is 0.403 e. The van der Waals surface area contributed by atoms with Crippen LogP contribution in [0.4, 0.5) is 5.69 Å². The molecule has 82 valence electrons. The van der Waals surface area contributed by atoms with Gasteiger partial charge in [0.15, 0.2) is 0 Å². The van der Waals surface area contributed by atoms with Crippen molar-refractivity contribution in [2.24, 2.45) is 11.6 Å². The van der Waals surface area contributed by atoms with Crippen molar-refractivity contribution in [2.45, 2.75) is 6.54 Å². The first-order chi connectivity index (χ1) is 7.04. The van der Waals surface area contributed by atoms with E-state index in [2.05, 4.69) is 0 Å². The maximum absolute atomic E-state index is 5.86. The second-order valence-electron chi connectivity index (χ2n) is 2.98. The molecule has 0 amide bonds. The summed E-state index contributed by atoms with van der Waals surface area (Å²) in [5, 5.41) is 2.28. The molecule has 0 radical (unpaired) electrons. The van der Waals surface area contributed by atoms with E-state index in [-0.39, 0.29) is 0 Å². The van der Waals surface area contributed by atoms with Crippen LogP contribution in [0.5, 0.6) is 0 Å². The molecular weight excluding hydrogens is 235 g/mol. The summed E-state index contributed by atoms with van der Waals surface area (Å²) >= 11 is 11.6. The predicted molar refractivity (Wildman–Crippen MR) is 63.9 cm³/mol. The number of hydrogen-bond acceptors (Lipinski definition) is 4. The van der Waals surface area contributed by atoms with Crippen molar-refractivity contribution in [2.75, 3.05) is 5.73 Å². The van der Waals surface area contributed by atoms with E-state index in [0.717, 1.165) is 5.56 Å². The van der Waals surface area contributed by atoms with Gasteiger partial charge < -0.3 is 16.5 Å². The van der Waals surface area contributed by atoms with Crippen molar-refractivity contribution in [3.63, 3.8) is 0 Å². The van der Waals surface area contributed by atoms with Crippen LogP contribution < -0.4 is 17.3 Å². The van der Waals surface area contributed by atoms with Gasteiger partial charge in [-0.15, -0.1) is 0 Å². The molecule has 0 aliphatic rings. The molecule has 4 nitrogen and oxygen atoms in total. The van der Waals surface area contributed by atoms with E-state index in [1.54, 1.807) is 12.1 Å². The Morgan fingerprint density at radius 1 is 1.27 bits per heavy atom. The Kier molecular flexibility index (Phi) is 4.08. The molecule has 0 fully saturated rings. The van der Waals surface area contributed by atoms with E-state index < -0.39 is 0 Å². The van der Waals surface area contributed by atoms with Gasteiger partial charge in [-0.1, -0.05) is 23.2 Å². The standard InChI is InChI=1S/C9H12Cl2N4/c10-7-3-6(5-15(14)2-1-12)9(13)4-8(7)11/h1-4H,5,12-14H2/b2-1-. The summed E-state index contributed by atoms with van der Waals surface area (Å²) < 4.78 is 0. The van der Waals surface area contributed by atoms with Gasteiger partial charge in [-0.25, -0.2) is 5.84 Å². The summed E-state index contributed by atoms with van der Waals surface area (Å²) in [5.74, 6) is 5.61. The molecule has 0 saturated heterocycles. The number of halogens is 2. The van der Waals surface area contributed by atoms with Crippen LogP contribution in [0.3, 0.4) is 0 Å². The highest BCUT2D eigenvalue weighted by Crippen LogP contribution is 2.27. The molecule has 0 bridgehead atoms. The van der Waals surface area contributed by atoms with Crippen molar-refractivity contribution in [1.82, 2.24) is 5.01 Å². The summed E-state index contributed by atoms with van der Waals surface area (Å²) in [5.41, 5.74) is 12.3. The fraction of sp³-hybridized carbons (Fsp3) is 0.111. The van der Waals surface area contributed by atoms with E-state index in [4.69, 9.17) is 40.5 Å². The molecule has 1 aromatic carbocycles. The maximum atomic E-state index is 5.86. The highest BCUT2D eigenvalue weighted by Gasteiger charge is 2.06. The smallest absolute Gasteiger partial charge is 0.0612 e. The average Bonchev–Trinajstić information content (AvgIpc) is 2.14. The minimum atomic E-state index is 0.413. The first-order valence-electron chi connectivity index (χ1n) is 4.17. The maximum Gasteiger partial charge on any atom is 0.0612 e. The van der Waals surface area contributed by atoms with E-state index in [0.29, 0.717) is 22.3 Å². The molecule has 0 heterocycles. The molecular formula is C9H12Cl2N4. The highest BCUT2D eigenvalue weighted by atomic mass is 35.5. The molecule has 0 atom stereocenters. The minimum Gasteiger partial charge on any atom is -0.403 e. The number of rotatable bonds is 3. The van der Waals surface area contributed by atoms with Crippen LogP contribution in [0, 0.1) is 0 Å². The number of nitrogens with two attached hydrogens (primary N) is 3. The summed E-state index contributed by atoms with van der Waals surface area (Å²) in [6.07, 6.45) is 2.87. The van der Waals surface area contributed by atoms with Crippen molar-refractivity contribution < 1.29 is 0 Å². The third-order valence-electron chi connectivity index (χ3n) is 1.81. The van der Waals surface area contributed by atoms with Gasteiger partial charge in [-0.05, 0) is 17.7 Å². The molecule has 0 saturated carbocycles. The highest BCUT2D eigenvalue weighted by molar-refractivity contribution is 6.42. The normalized spacial score (nSPS) is 10.9. The molecule has 6 N–H and O–H groups in total. The first-order valence-corrected chi connectivity index (χ1v) is 4.93. The molecule has 0 unspecified atom stereocenters. The Morgan fingerprint density at radius 3 is 2.47 bits per heavy atom. The van der Waals surface area contributed by atoms with Gasteiger partial charge in [0.05, 0.1) is 16.6 Å². The summed E-state index contributed by atoms with van der Waals surface area (Å²) in [6.45, 7) is 0.413. The Balaban J connectivity index is 2.90. The SMILES string of the molecule is N/C=C\N(N)Cc1cc(Cl)c(Cl)cc1N. The number of nitrogen functional groups attached to an aromatic ring is 1. The average molecular weight is 247 g/mol. The number of hydrazine groups is 1. The number of nitrogens with zero attached hydrogens (tertiary/aromatic N) is 1. The lowest BCUT2D eigenvalue weighted by atomic mass is 10.2. The van der Waals surface area contributed by atoms with Gasteiger partial charge in [-0.2, -0.15) is 0 Å². The lowest BCUT2D eigenvalue weighted by Crippen LogP contribution is -2.25. The van der Waals surface area contributed by atoms with Crippen LogP contribution in [0.1, 0.15) is 5.56 Å². The van der Waals surface area contributed by atoms with Gasteiger partial charge in [0.1, 0.15) is 0 Å². The molecule has 1 aromatic rings. The zero-order valence-electron chi connectivity index (χ0n) is 7.95. The van der Waals surface area contributed by atoms with Crippen molar-refractivity contribution in [3.8, 4) is 0 Å². The van der Waals surface area contributed by atoms with Crippen LogP contribution in [0.15, 0.2) is 24.5 Å². The van der Waals surface area contributed by atoms with Gasteiger partial charge in [0.25, 0.3) is 0 Å². The van der Waals surface area contributed by atoms with Crippen LogP contribution >= 0.6 is 23.2 Å². The Labute approximate surface area is 98.2 Å². The van der Waals surface area contributed by atoms with Crippen LogP contribution in [-0.2, 0) is 6.54 Å². The lowest BCUT2D eigenvalue weighted by molar-refractivity contribution is 0.387. The second-order valence-corrected chi connectivity index (χ2v) is 3.79. The monoisotopic (exact) mass is 246 g/mol. The molecule has 6 heteroatoms. The number of hydrogen-bond donors (Lipinski definition) is 3. The molecule has 0 spiro atoms. The van der Waals surface area contributed by atoms with Crippen LogP contribution in [-0.4, -0.2) is 5.01 Å². The minimum absolute atomic E-state index is 0.413. The van der Waals surface area contributed by atoms with Gasteiger partial charge in [0.2, 0.25) is 0 Å². The van der Waals surface area contributed by atoms with E-state index in [1.165, 1.54) is 17.4 Å². The van der Waals surface area contributed by atoms with E-state index >= 15 is 0 Å². The quantitative estimate of drug-likeness (QED) is 0.431. The first kappa shape index (κ1) is 12.0. The van der Waals surface area contributed by atoms with E-state index in [1.807, 2.05) is 0 Å². The number of anilines is 1. The predicted octanol–water partition coefficient (Wildman–Crippen LogP) is 1.68. The van der Waals surface area contributed by atoms with Crippen molar-refractivity contribution >= 4 is 28.9 Å². The Hall–Kier alpha value is -1.10. The third-order valence-corrected chi connectivity index (χ3v) is 2.53. The molecule has 1 rings (SSSR count). The summed E-state index contributed by atoms with van der Waals surface area (Å²) in [7, 11) is 0. The van der Waals surface area contributed by atoms with Crippen molar-refractivity contribution in [1.29, 1.82) is 0 Å². The Morgan fingerprint density at radius 2 is 1.87 bits per heavy atom. The van der Waals surface area contributed by atoms with Crippen LogP contribution in [0.25, 0.3) is 0 Å². The zero-order chi connectivity index (χ0) is 11.4. The Bertz CT molecular complexity index is 379. The van der Waals surface area contributed by atoms with Gasteiger partial charge in [-0.3, -0.25) is 0 Å². The van der Waals surface area contributed by atoms with Crippen LogP contribution in [0.2, 0.25) is 10.0 Å². The zero-order valence-corrected chi connectivity index (χ0v) is 9.46. The lowest BCUT2D eigenvalue weighted by Gasteiger charge is -2.15. The third kappa shape index (κ3) is 3.20. The van der Waals surface area contributed by atoms with Gasteiger partial charge in [0, 0.05) is 18.1 Å². The molecule has 0 aliphatic heterocycles. The number of benzene rings is 1. The fourth-order valence-corrected chi connectivity index (χ4v) is 1.46. The summed E-state index contributed by atoms with van der Waals surface area (Å²) in [4.78, 5) is 0. The molecule has 0 aliphatic carbocycles. The molecule has 15 heavy (non-hydrogen) atoms. The van der Waals surface area contributed by atoms with E-state index in [9.17, 15) is 0 Å². The summed E-state index contributed by atoms with van der Waals surface area (Å²) in [6, 6.07) is 3.28. The van der Waals surface area contributed by atoms with Crippen molar-refractivity contribution in [3.05, 3.63) is 40.1 Å². The van der Waals surface area contributed by atoms with Gasteiger partial charge >= 0.3 is 0 Å². The molecule has 0 aromatic heterocycles. The fourth-order valence-electron chi connectivity index (χ4n) is 1.10.